The van der Waals surface area contributed by atoms with E-state index in [9.17, 15) is 0 Å². The Labute approximate surface area is 70.8 Å². The van der Waals surface area contributed by atoms with Gasteiger partial charge in [0.15, 0.2) is 0 Å². The zero-order valence-corrected chi connectivity index (χ0v) is 8.33. The molecule has 0 aliphatic carbocycles. The predicted molar refractivity (Wildman–Crippen MR) is 50.9 cm³/mol. The summed E-state index contributed by atoms with van der Waals surface area (Å²) in [5.41, 5.74) is 0.318. The van der Waals surface area contributed by atoms with Crippen LogP contribution >= 0.6 is 0 Å². The third-order valence-corrected chi connectivity index (χ3v) is 1.47. The second-order valence-corrected chi connectivity index (χ2v) is 3.69. The van der Waals surface area contributed by atoms with Gasteiger partial charge < -0.3 is 10.6 Å². The molecule has 1 heterocycles. The summed E-state index contributed by atoms with van der Waals surface area (Å²) in [6.45, 7) is 12.0. The van der Waals surface area contributed by atoms with E-state index in [4.69, 9.17) is 0 Å². The molecule has 2 N–H and O–H groups in total. The Hall–Kier alpha value is -0.0800. The van der Waals surface area contributed by atoms with Crippen molar-refractivity contribution in [1.29, 1.82) is 0 Å². The fourth-order valence-corrected chi connectivity index (χ4v) is 0.953. The average molecular weight is 158 g/mol. The summed E-state index contributed by atoms with van der Waals surface area (Å²) in [7, 11) is 0. The van der Waals surface area contributed by atoms with E-state index in [1.165, 1.54) is 6.42 Å². The monoisotopic (exact) mass is 158 g/mol. The van der Waals surface area contributed by atoms with Crippen LogP contribution in [0.3, 0.4) is 0 Å². The fourth-order valence-electron chi connectivity index (χ4n) is 0.953. The fraction of sp³-hybridized carbons (Fsp3) is 1.00. The van der Waals surface area contributed by atoms with Crippen molar-refractivity contribution in [2.45, 2.75) is 39.7 Å². The molecule has 2 nitrogen and oxygen atoms in total. The Bertz CT molecular complexity index is 81.6. The maximum absolute atomic E-state index is 3.40. The molecule has 1 aliphatic heterocycles. The smallest absolute Gasteiger partial charge is 0.0250 e. The number of rotatable bonds is 0. The first kappa shape index (κ1) is 10.9. The van der Waals surface area contributed by atoms with Crippen LogP contribution in [0.25, 0.3) is 0 Å². The lowest BCUT2D eigenvalue weighted by molar-refractivity contribution is 0.323. The van der Waals surface area contributed by atoms with Gasteiger partial charge in [-0.05, 0) is 13.8 Å². The second-order valence-electron chi connectivity index (χ2n) is 3.69. The third kappa shape index (κ3) is 6.32. The molecule has 1 saturated heterocycles. The van der Waals surface area contributed by atoms with E-state index in [-0.39, 0.29) is 0 Å². The molecule has 0 bridgehead atoms. The van der Waals surface area contributed by atoms with E-state index >= 15 is 0 Å². The Morgan fingerprint density at radius 3 is 1.91 bits per heavy atom. The molecule has 0 atom stereocenters. The highest BCUT2D eigenvalue weighted by atomic mass is 15.1. The van der Waals surface area contributed by atoms with Crippen LogP contribution in [-0.4, -0.2) is 25.2 Å². The molecule has 0 aromatic carbocycles. The van der Waals surface area contributed by atoms with Crippen molar-refractivity contribution < 1.29 is 0 Å². The van der Waals surface area contributed by atoms with Crippen molar-refractivity contribution in [3.63, 3.8) is 0 Å². The van der Waals surface area contributed by atoms with E-state index in [1.54, 1.807) is 0 Å². The third-order valence-electron chi connectivity index (χ3n) is 1.47. The molecule has 0 aromatic rings. The zero-order valence-electron chi connectivity index (χ0n) is 8.33. The largest absolute Gasteiger partial charge is 0.314 e. The first-order valence-electron chi connectivity index (χ1n) is 4.58. The Morgan fingerprint density at radius 1 is 1.18 bits per heavy atom. The van der Waals surface area contributed by atoms with Crippen molar-refractivity contribution in [2.24, 2.45) is 0 Å². The molecule has 1 rings (SSSR count). The number of nitrogens with one attached hydrogen (secondary N) is 2. The average Bonchev–Trinajstić information content (AvgIpc) is 1.88. The van der Waals surface area contributed by atoms with Crippen LogP contribution in [0.2, 0.25) is 0 Å². The molecule has 0 spiro atoms. The van der Waals surface area contributed by atoms with Crippen molar-refractivity contribution in [3.8, 4) is 0 Å². The molecule has 1 aliphatic rings. The summed E-state index contributed by atoms with van der Waals surface area (Å²) in [5, 5.41) is 6.71. The van der Waals surface area contributed by atoms with Gasteiger partial charge in [0.2, 0.25) is 0 Å². The molecule has 0 saturated carbocycles. The van der Waals surface area contributed by atoms with E-state index in [1.807, 2.05) is 0 Å². The molecule has 0 amide bonds. The van der Waals surface area contributed by atoms with Gasteiger partial charge in [-0.15, -0.1) is 0 Å². The minimum Gasteiger partial charge on any atom is -0.314 e. The molecule has 68 valence electrons. The van der Waals surface area contributed by atoms with Crippen LogP contribution in [-0.2, 0) is 0 Å². The zero-order chi connectivity index (χ0) is 8.74. The number of hydrogen-bond donors (Lipinski definition) is 2. The SMILES string of the molecule is CC1(C)CNCCN1.CCC. The predicted octanol–water partition coefficient (Wildman–Crippen LogP) is 1.37. The van der Waals surface area contributed by atoms with Gasteiger partial charge in [-0.1, -0.05) is 20.3 Å². The van der Waals surface area contributed by atoms with Gasteiger partial charge in [-0.2, -0.15) is 0 Å². The van der Waals surface area contributed by atoms with Crippen molar-refractivity contribution in [3.05, 3.63) is 0 Å². The van der Waals surface area contributed by atoms with E-state index < -0.39 is 0 Å². The van der Waals surface area contributed by atoms with Gasteiger partial charge in [0.25, 0.3) is 0 Å². The normalized spacial score (nSPS) is 21.8. The summed E-state index contributed by atoms with van der Waals surface area (Å²) < 4.78 is 0. The van der Waals surface area contributed by atoms with Crippen molar-refractivity contribution >= 4 is 0 Å². The molecule has 1 fully saturated rings. The summed E-state index contributed by atoms with van der Waals surface area (Å²) in [4.78, 5) is 0. The van der Waals surface area contributed by atoms with Gasteiger partial charge in [-0.3, -0.25) is 0 Å². The minimum atomic E-state index is 0.318. The van der Waals surface area contributed by atoms with Crippen molar-refractivity contribution in [1.82, 2.24) is 10.6 Å². The van der Waals surface area contributed by atoms with Crippen LogP contribution < -0.4 is 10.6 Å². The Balaban J connectivity index is 0.000000292. The highest BCUT2D eigenvalue weighted by Crippen LogP contribution is 2.00. The Morgan fingerprint density at radius 2 is 1.73 bits per heavy atom. The highest BCUT2D eigenvalue weighted by Gasteiger charge is 2.18. The summed E-state index contributed by atoms with van der Waals surface area (Å²) >= 11 is 0. The van der Waals surface area contributed by atoms with Crippen molar-refractivity contribution in [2.75, 3.05) is 19.6 Å². The highest BCUT2D eigenvalue weighted by molar-refractivity contribution is 4.83. The molecular weight excluding hydrogens is 136 g/mol. The van der Waals surface area contributed by atoms with Crippen LogP contribution in [0.5, 0.6) is 0 Å². The van der Waals surface area contributed by atoms with Gasteiger partial charge in [-0.25, -0.2) is 0 Å². The topological polar surface area (TPSA) is 24.1 Å². The quantitative estimate of drug-likeness (QED) is 0.556. The lowest BCUT2D eigenvalue weighted by atomic mass is 10.0. The molecule has 0 radical (unpaired) electrons. The maximum Gasteiger partial charge on any atom is 0.0250 e. The van der Waals surface area contributed by atoms with Gasteiger partial charge in [0.05, 0.1) is 0 Å². The molecular formula is C9H22N2. The summed E-state index contributed by atoms with van der Waals surface area (Å²) in [6, 6.07) is 0. The summed E-state index contributed by atoms with van der Waals surface area (Å²) in [5.74, 6) is 0. The number of piperazine rings is 1. The van der Waals surface area contributed by atoms with Gasteiger partial charge in [0, 0.05) is 25.2 Å². The van der Waals surface area contributed by atoms with Crippen LogP contribution in [0.4, 0.5) is 0 Å². The van der Waals surface area contributed by atoms with E-state index in [0.29, 0.717) is 5.54 Å². The van der Waals surface area contributed by atoms with E-state index in [0.717, 1.165) is 19.6 Å². The lowest BCUT2D eigenvalue weighted by Gasteiger charge is -2.31. The minimum absolute atomic E-state index is 0.318. The molecule has 2 heteroatoms. The first-order valence-corrected chi connectivity index (χ1v) is 4.58. The second kappa shape index (κ2) is 5.56. The van der Waals surface area contributed by atoms with Crippen LogP contribution in [0.15, 0.2) is 0 Å². The maximum atomic E-state index is 3.40. The van der Waals surface area contributed by atoms with Gasteiger partial charge in [0.1, 0.15) is 0 Å². The molecule has 0 unspecified atom stereocenters. The standard InChI is InChI=1S/C6H14N2.C3H8/c1-6(2)5-7-3-4-8-6;1-3-2/h7-8H,3-5H2,1-2H3;3H2,1-2H3. The summed E-state index contributed by atoms with van der Waals surface area (Å²) in [6.07, 6.45) is 1.25. The van der Waals surface area contributed by atoms with Crippen LogP contribution in [0.1, 0.15) is 34.1 Å². The lowest BCUT2D eigenvalue weighted by Crippen LogP contribution is -2.55. The van der Waals surface area contributed by atoms with Gasteiger partial charge >= 0.3 is 0 Å². The number of hydrogen-bond acceptors (Lipinski definition) is 2. The molecule has 0 aromatic heterocycles. The van der Waals surface area contributed by atoms with Crippen LogP contribution in [0, 0.1) is 0 Å². The molecule has 11 heavy (non-hydrogen) atoms. The first-order chi connectivity index (χ1) is 5.12. The Kier molecular flexibility index (Phi) is 5.51. The van der Waals surface area contributed by atoms with E-state index in [2.05, 4.69) is 38.3 Å².